The van der Waals surface area contributed by atoms with E-state index in [9.17, 15) is 0 Å². The van der Waals surface area contributed by atoms with Crippen molar-refractivity contribution >= 4 is 32.7 Å². The van der Waals surface area contributed by atoms with Crippen LogP contribution in [0.2, 0.25) is 0 Å². The molecule has 0 aliphatic carbocycles. The Morgan fingerprint density at radius 3 is 2.59 bits per heavy atom. The number of halogens is 1. The van der Waals surface area contributed by atoms with Crippen molar-refractivity contribution in [3.8, 4) is 0 Å². The maximum atomic E-state index is 4.44. The second-order valence-corrected chi connectivity index (χ2v) is 5.52. The zero-order chi connectivity index (χ0) is 12.6. The number of anilines is 1. The van der Waals surface area contributed by atoms with Crippen LogP contribution in [0.15, 0.2) is 16.9 Å². The van der Waals surface area contributed by atoms with Crippen molar-refractivity contribution in [3.63, 3.8) is 0 Å². The maximum absolute atomic E-state index is 4.44. The Hall–Kier alpha value is -1.10. The van der Waals surface area contributed by atoms with Crippen LogP contribution in [0.1, 0.15) is 33.7 Å². The molecule has 0 spiro atoms. The summed E-state index contributed by atoms with van der Waals surface area (Å²) in [5.41, 5.74) is 3.05. The van der Waals surface area contributed by atoms with Gasteiger partial charge in [0.15, 0.2) is 0 Å². The molecule has 0 radical (unpaired) electrons. The minimum absolute atomic E-state index is 0.322. The molecular formula is C12H17BrN4. The SMILES string of the molecule is CC(C)Nc1cc(Br)nc2cnn(C(C)C)c12. The smallest absolute Gasteiger partial charge is 0.112 e. The maximum Gasteiger partial charge on any atom is 0.112 e. The van der Waals surface area contributed by atoms with Gasteiger partial charge in [0.05, 0.1) is 11.9 Å². The standard InChI is InChI=1S/C12H17BrN4/c1-7(2)15-9-5-11(13)16-10-6-14-17(8(3)4)12(9)10/h5-8H,1-4H3,(H,15,16). The largest absolute Gasteiger partial charge is 0.381 e. The van der Waals surface area contributed by atoms with Crippen molar-refractivity contribution in [1.82, 2.24) is 14.8 Å². The van der Waals surface area contributed by atoms with Crippen molar-refractivity contribution in [1.29, 1.82) is 0 Å². The Morgan fingerprint density at radius 1 is 1.29 bits per heavy atom. The van der Waals surface area contributed by atoms with Gasteiger partial charge in [0, 0.05) is 12.1 Å². The number of rotatable bonds is 3. The molecule has 5 heteroatoms. The van der Waals surface area contributed by atoms with Crippen LogP contribution in [0.3, 0.4) is 0 Å². The minimum atomic E-state index is 0.322. The fourth-order valence-electron chi connectivity index (χ4n) is 1.84. The number of aromatic nitrogens is 3. The second-order valence-electron chi connectivity index (χ2n) is 4.71. The van der Waals surface area contributed by atoms with Crippen LogP contribution in [0.25, 0.3) is 11.0 Å². The van der Waals surface area contributed by atoms with Gasteiger partial charge in [0.1, 0.15) is 15.6 Å². The molecule has 92 valence electrons. The Labute approximate surface area is 110 Å². The van der Waals surface area contributed by atoms with Gasteiger partial charge in [-0.25, -0.2) is 4.98 Å². The van der Waals surface area contributed by atoms with E-state index in [4.69, 9.17) is 0 Å². The highest BCUT2D eigenvalue weighted by Gasteiger charge is 2.13. The molecule has 0 aromatic carbocycles. The Balaban J connectivity index is 2.65. The summed E-state index contributed by atoms with van der Waals surface area (Å²) >= 11 is 3.43. The fourth-order valence-corrected chi connectivity index (χ4v) is 2.26. The van der Waals surface area contributed by atoms with Gasteiger partial charge in [0.2, 0.25) is 0 Å². The zero-order valence-corrected chi connectivity index (χ0v) is 12.1. The van der Waals surface area contributed by atoms with Gasteiger partial charge in [-0.05, 0) is 49.7 Å². The summed E-state index contributed by atoms with van der Waals surface area (Å²) in [4.78, 5) is 4.44. The van der Waals surface area contributed by atoms with Crippen LogP contribution in [0, 0.1) is 0 Å². The lowest BCUT2D eigenvalue weighted by Gasteiger charge is -2.15. The average Bonchev–Trinajstić information content (AvgIpc) is 2.59. The van der Waals surface area contributed by atoms with E-state index >= 15 is 0 Å². The van der Waals surface area contributed by atoms with Crippen molar-refractivity contribution < 1.29 is 0 Å². The predicted octanol–water partition coefficient (Wildman–Crippen LogP) is 3.60. The van der Waals surface area contributed by atoms with Gasteiger partial charge in [-0.15, -0.1) is 0 Å². The number of hydrogen-bond acceptors (Lipinski definition) is 3. The van der Waals surface area contributed by atoms with E-state index in [0.29, 0.717) is 12.1 Å². The second kappa shape index (κ2) is 4.64. The van der Waals surface area contributed by atoms with Crippen molar-refractivity contribution in [3.05, 3.63) is 16.9 Å². The van der Waals surface area contributed by atoms with Crippen LogP contribution in [0.4, 0.5) is 5.69 Å². The van der Waals surface area contributed by atoms with E-state index in [2.05, 4.69) is 59.0 Å². The molecule has 1 N–H and O–H groups in total. The molecule has 0 amide bonds. The molecule has 17 heavy (non-hydrogen) atoms. The van der Waals surface area contributed by atoms with Crippen molar-refractivity contribution in [2.45, 2.75) is 39.8 Å². The molecular weight excluding hydrogens is 280 g/mol. The van der Waals surface area contributed by atoms with E-state index in [1.54, 1.807) is 0 Å². The van der Waals surface area contributed by atoms with Crippen LogP contribution in [0.5, 0.6) is 0 Å². The lowest BCUT2D eigenvalue weighted by Crippen LogP contribution is -2.12. The third kappa shape index (κ3) is 2.44. The van der Waals surface area contributed by atoms with Crippen LogP contribution >= 0.6 is 15.9 Å². The first-order valence-electron chi connectivity index (χ1n) is 5.79. The van der Waals surface area contributed by atoms with Gasteiger partial charge in [-0.2, -0.15) is 5.10 Å². The normalized spacial score (nSPS) is 11.7. The summed E-state index contributed by atoms with van der Waals surface area (Å²) in [7, 11) is 0. The molecule has 0 aliphatic heterocycles. The third-order valence-corrected chi connectivity index (χ3v) is 2.86. The molecule has 0 saturated heterocycles. The first kappa shape index (κ1) is 12.4. The molecule has 2 aromatic heterocycles. The minimum Gasteiger partial charge on any atom is -0.381 e. The fraction of sp³-hybridized carbons (Fsp3) is 0.500. The lowest BCUT2D eigenvalue weighted by molar-refractivity contribution is 0.551. The number of fused-ring (bicyclic) bond motifs is 1. The van der Waals surface area contributed by atoms with Crippen LogP contribution in [-0.4, -0.2) is 20.8 Å². The van der Waals surface area contributed by atoms with E-state index < -0.39 is 0 Å². The Morgan fingerprint density at radius 2 is 2.00 bits per heavy atom. The summed E-state index contributed by atoms with van der Waals surface area (Å²) in [5.74, 6) is 0. The van der Waals surface area contributed by atoms with Crippen LogP contribution in [-0.2, 0) is 0 Å². The molecule has 2 rings (SSSR count). The van der Waals surface area contributed by atoms with E-state index in [1.807, 2.05) is 16.9 Å². The number of nitrogens with zero attached hydrogens (tertiary/aromatic N) is 3. The summed E-state index contributed by atoms with van der Waals surface area (Å²) in [6, 6.07) is 2.70. The molecule has 0 saturated carbocycles. The Kier molecular flexibility index (Phi) is 3.38. The molecule has 0 fully saturated rings. The zero-order valence-electron chi connectivity index (χ0n) is 10.5. The van der Waals surface area contributed by atoms with E-state index in [0.717, 1.165) is 21.3 Å². The summed E-state index contributed by atoms with van der Waals surface area (Å²) in [6.07, 6.45) is 1.81. The Bertz CT molecular complexity index is 531. The number of hydrogen-bond donors (Lipinski definition) is 1. The first-order chi connectivity index (χ1) is 7.99. The van der Waals surface area contributed by atoms with Gasteiger partial charge < -0.3 is 5.32 Å². The number of nitrogens with one attached hydrogen (secondary N) is 1. The highest BCUT2D eigenvalue weighted by Crippen LogP contribution is 2.27. The number of pyridine rings is 1. The predicted molar refractivity (Wildman–Crippen MR) is 74.4 cm³/mol. The first-order valence-corrected chi connectivity index (χ1v) is 6.58. The highest BCUT2D eigenvalue weighted by molar-refractivity contribution is 9.10. The molecule has 0 atom stereocenters. The van der Waals surface area contributed by atoms with Gasteiger partial charge in [-0.1, -0.05) is 0 Å². The summed E-state index contributed by atoms with van der Waals surface area (Å²) in [6.45, 7) is 8.48. The molecule has 0 aliphatic rings. The van der Waals surface area contributed by atoms with Gasteiger partial charge >= 0.3 is 0 Å². The average molecular weight is 297 g/mol. The van der Waals surface area contributed by atoms with Gasteiger partial charge in [0.25, 0.3) is 0 Å². The highest BCUT2D eigenvalue weighted by atomic mass is 79.9. The molecule has 2 heterocycles. The topological polar surface area (TPSA) is 42.7 Å². The van der Waals surface area contributed by atoms with Crippen molar-refractivity contribution in [2.24, 2.45) is 0 Å². The monoisotopic (exact) mass is 296 g/mol. The van der Waals surface area contributed by atoms with Crippen LogP contribution < -0.4 is 5.32 Å². The molecule has 2 aromatic rings. The molecule has 4 nitrogen and oxygen atoms in total. The van der Waals surface area contributed by atoms with E-state index in [1.165, 1.54) is 0 Å². The summed E-state index contributed by atoms with van der Waals surface area (Å²) < 4.78 is 2.83. The third-order valence-electron chi connectivity index (χ3n) is 2.46. The molecule has 0 unspecified atom stereocenters. The molecule has 0 bridgehead atoms. The van der Waals surface area contributed by atoms with Gasteiger partial charge in [-0.3, -0.25) is 4.68 Å². The van der Waals surface area contributed by atoms with E-state index in [-0.39, 0.29) is 0 Å². The summed E-state index contributed by atoms with van der Waals surface area (Å²) in [5, 5.41) is 7.84. The van der Waals surface area contributed by atoms with Crippen molar-refractivity contribution in [2.75, 3.05) is 5.32 Å². The lowest BCUT2D eigenvalue weighted by atomic mass is 10.2. The quantitative estimate of drug-likeness (QED) is 0.880.